The van der Waals surface area contributed by atoms with Gasteiger partial charge in [-0.05, 0) is 30.2 Å². The summed E-state index contributed by atoms with van der Waals surface area (Å²) in [5, 5.41) is 0. The molecule has 2 aromatic carbocycles. The third kappa shape index (κ3) is 3.77. The number of methoxy groups -OCH3 is 1. The van der Waals surface area contributed by atoms with Gasteiger partial charge in [0.25, 0.3) is 0 Å². The first-order chi connectivity index (χ1) is 11.3. The van der Waals surface area contributed by atoms with Gasteiger partial charge >= 0.3 is 0 Å². The molecular weight excluding hydrogens is 286 g/mol. The molecule has 0 radical (unpaired) electrons. The van der Waals surface area contributed by atoms with Crippen LogP contribution >= 0.6 is 0 Å². The molecule has 2 N–H and O–H groups in total. The van der Waals surface area contributed by atoms with E-state index in [1.165, 1.54) is 11.3 Å². The van der Waals surface area contributed by atoms with E-state index in [2.05, 4.69) is 34.1 Å². The van der Waals surface area contributed by atoms with Gasteiger partial charge < -0.3 is 15.4 Å². The van der Waals surface area contributed by atoms with Crippen molar-refractivity contribution < 1.29 is 4.74 Å². The number of nitrogen functional groups attached to an aromatic ring is 1. The van der Waals surface area contributed by atoms with Crippen LogP contribution in [0, 0.1) is 0 Å². The molecule has 1 aliphatic rings. The number of piperazine rings is 1. The zero-order valence-electron chi connectivity index (χ0n) is 13.7. The number of para-hydroxylation sites is 3. The molecule has 0 aliphatic carbocycles. The van der Waals surface area contributed by atoms with Gasteiger partial charge in [-0.1, -0.05) is 30.3 Å². The minimum absolute atomic E-state index is 0.903. The summed E-state index contributed by atoms with van der Waals surface area (Å²) in [6.45, 7) is 5.28. The van der Waals surface area contributed by atoms with Gasteiger partial charge in [-0.25, -0.2) is 0 Å². The van der Waals surface area contributed by atoms with Crippen molar-refractivity contribution in [2.75, 3.05) is 50.5 Å². The average molecular weight is 311 g/mol. The summed E-state index contributed by atoms with van der Waals surface area (Å²) in [5.41, 5.74) is 9.37. The Morgan fingerprint density at radius 2 is 1.65 bits per heavy atom. The van der Waals surface area contributed by atoms with E-state index >= 15 is 0 Å². The highest BCUT2D eigenvalue weighted by atomic mass is 16.5. The standard InChI is InChI=1S/C19H25N3O/c1-23-19-9-5-4-8-18(19)22-14-12-21(13-15-22)11-10-16-6-2-3-7-17(16)20/h2-9H,10-15,20H2,1H3. The van der Waals surface area contributed by atoms with Gasteiger partial charge in [-0.3, -0.25) is 4.90 Å². The average Bonchev–Trinajstić information content (AvgIpc) is 2.61. The minimum atomic E-state index is 0.903. The lowest BCUT2D eigenvalue weighted by atomic mass is 10.1. The van der Waals surface area contributed by atoms with Crippen LogP contribution in [0.1, 0.15) is 5.56 Å². The molecule has 4 nitrogen and oxygen atoms in total. The van der Waals surface area contributed by atoms with E-state index in [0.717, 1.165) is 50.6 Å². The number of ether oxygens (including phenoxy) is 1. The second-order valence-corrected chi connectivity index (χ2v) is 5.95. The monoisotopic (exact) mass is 311 g/mol. The van der Waals surface area contributed by atoms with E-state index in [1.807, 2.05) is 24.3 Å². The van der Waals surface area contributed by atoms with E-state index in [1.54, 1.807) is 7.11 Å². The fourth-order valence-electron chi connectivity index (χ4n) is 3.14. The van der Waals surface area contributed by atoms with E-state index in [9.17, 15) is 0 Å². The maximum Gasteiger partial charge on any atom is 0.142 e. The van der Waals surface area contributed by atoms with Gasteiger partial charge in [0, 0.05) is 38.4 Å². The van der Waals surface area contributed by atoms with Crippen LogP contribution in [0.4, 0.5) is 11.4 Å². The van der Waals surface area contributed by atoms with E-state index in [0.29, 0.717) is 0 Å². The zero-order valence-corrected chi connectivity index (χ0v) is 13.7. The molecule has 2 aromatic rings. The first-order valence-corrected chi connectivity index (χ1v) is 8.21. The fourth-order valence-corrected chi connectivity index (χ4v) is 3.14. The second kappa shape index (κ2) is 7.38. The molecule has 0 amide bonds. The summed E-state index contributed by atoms with van der Waals surface area (Å²) in [7, 11) is 1.74. The molecule has 3 rings (SSSR count). The van der Waals surface area contributed by atoms with Crippen molar-refractivity contribution in [3.63, 3.8) is 0 Å². The third-order valence-corrected chi connectivity index (χ3v) is 4.55. The Morgan fingerprint density at radius 3 is 2.39 bits per heavy atom. The van der Waals surface area contributed by atoms with Crippen LogP contribution in [-0.2, 0) is 6.42 Å². The van der Waals surface area contributed by atoms with Crippen LogP contribution in [-0.4, -0.2) is 44.7 Å². The van der Waals surface area contributed by atoms with Crippen molar-refractivity contribution >= 4 is 11.4 Å². The zero-order chi connectivity index (χ0) is 16.1. The number of hydrogen-bond donors (Lipinski definition) is 1. The first kappa shape index (κ1) is 15.7. The smallest absolute Gasteiger partial charge is 0.142 e. The highest BCUT2D eigenvalue weighted by Crippen LogP contribution is 2.28. The summed E-state index contributed by atoms with van der Waals surface area (Å²) in [6.07, 6.45) is 1.02. The van der Waals surface area contributed by atoms with Gasteiger partial charge in [0.1, 0.15) is 5.75 Å². The van der Waals surface area contributed by atoms with Crippen molar-refractivity contribution in [1.29, 1.82) is 0 Å². The summed E-state index contributed by atoms with van der Waals surface area (Å²) < 4.78 is 5.47. The fraction of sp³-hybridized carbons (Fsp3) is 0.368. The number of nitrogens with two attached hydrogens (primary N) is 1. The maximum atomic E-state index is 6.03. The SMILES string of the molecule is COc1ccccc1N1CCN(CCc2ccccc2N)CC1. The molecule has 1 heterocycles. The van der Waals surface area contributed by atoms with E-state index < -0.39 is 0 Å². The van der Waals surface area contributed by atoms with Crippen molar-refractivity contribution in [1.82, 2.24) is 4.90 Å². The normalized spacial score (nSPS) is 15.6. The molecule has 23 heavy (non-hydrogen) atoms. The van der Waals surface area contributed by atoms with Gasteiger partial charge in [0.05, 0.1) is 12.8 Å². The molecule has 0 saturated carbocycles. The Balaban J connectivity index is 1.53. The molecule has 0 spiro atoms. The molecule has 0 unspecified atom stereocenters. The molecule has 0 atom stereocenters. The highest BCUT2D eigenvalue weighted by Gasteiger charge is 2.19. The van der Waals surface area contributed by atoms with Crippen LogP contribution in [0.3, 0.4) is 0 Å². The van der Waals surface area contributed by atoms with Crippen LogP contribution in [0.5, 0.6) is 5.75 Å². The predicted octanol–water partition coefficient (Wildman–Crippen LogP) is 2.64. The van der Waals surface area contributed by atoms with Crippen molar-refractivity contribution in [3.8, 4) is 5.75 Å². The highest BCUT2D eigenvalue weighted by molar-refractivity contribution is 5.58. The number of benzene rings is 2. The Bertz CT molecular complexity index is 636. The van der Waals surface area contributed by atoms with Crippen LogP contribution in [0.25, 0.3) is 0 Å². The Labute approximate surface area is 138 Å². The quantitative estimate of drug-likeness (QED) is 0.862. The predicted molar refractivity (Wildman–Crippen MR) is 96.2 cm³/mol. The summed E-state index contributed by atoms with van der Waals surface area (Å²) in [6, 6.07) is 16.4. The number of nitrogens with zero attached hydrogens (tertiary/aromatic N) is 2. The number of hydrogen-bond acceptors (Lipinski definition) is 4. The summed E-state index contributed by atoms with van der Waals surface area (Å²) >= 11 is 0. The molecule has 1 saturated heterocycles. The van der Waals surface area contributed by atoms with E-state index in [4.69, 9.17) is 10.5 Å². The van der Waals surface area contributed by atoms with Gasteiger partial charge in [0.2, 0.25) is 0 Å². The van der Waals surface area contributed by atoms with Crippen molar-refractivity contribution in [2.24, 2.45) is 0 Å². The lowest BCUT2D eigenvalue weighted by molar-refractivity contribution is 0.260. The summed E-state index contributed by atoms with van der Waals surface area (Å²) in [5.74, 6) is 0.956. The Kier molecular flexibility index (Phi) is 5.03. The lowest BCUT2D eigenvalue weighted by Crippen LogP contribution is -2.47. The summed E-state index contributed by atoms with van der Waals surface area (Å²) in [4.78, 5) is 4.92. The molecule has 4 heteroatoms. The number of rotatable bonds is 5. The van der Waals surface area contributed by atoms with Crippen LogP contribution in [0.2, 0.25) is 0 Å². The van der Waals surface area contributed by atoms with Crippen molar-refractivity contribution in [3.05, 3.63) is 54.1 Å². The largest absolute Gasteiger partial charge is 0.495 e. The molecule has 122 valence electrons. The van der Waals surface area contributed by atoms with Crippen molar-refractivity contribution in [2.45, 2.75) is 6.42 Å². The van der Waals surface area contributed by atoms with Gasteiger partial charge in [0.15, 0.2) is 0 Å². The molecule has 0 aromatic heterocycles. The molecule has 1 fully saturated rings. The first-order valence-electron chi connectivity index (χ1n) is 8.21. The van der Waals surface area contributed by atoms with E-state index in [-0.39, 0.29) is 0 Å². The maximum absolute atomic E-state index is 6.03. The Morgan fingerprint density at radius 1 is 0.957 bits per heavy atom. The van der Waals surface area contributed by atoms with Crippen LogP contribution < -0.4 is 15.4 Å². The molecule has 0 bridgehead atoms. The van der Waals surface area contributed by atoms with Gasteiger partial charge in [-0.2, -0.15) is 0 Å². The molecule has 1 aliphatic heterocycles. The topological polar surface area (TPSA) is 41.7 Å². The Hall–Kier alpha value is -2.20. The lowest BCUT2D eigenvalue weighted by Gasteiger charge is -2.36. The minimum Gasteiger partial charge on any atom is -0.495 e. The second-order valence-electron chi connectivity index (χ2n) is 5.95. The number of anilines is 2. The molecular formula is C19H25N3O. The third-order valence-electron chi connectivity index (χ3n) is 4.55. The van der Waals surface area contributed by atoms with Gasteiger partial charge in [-0.15, -0.1) is 0 Å². The van der Waals surface area contributed by atoms with Crippen LogP contribution in [0.15, 0.2) is 48.5 Å².